The molecule has 0 saturated carbocycles. The zero-order valence-corrected chi connectivity index (χ0v) is 6.88. The van der Waals surface area contributed by atoms with Crippen molar-refractivity contribution in [2.24, 2.45) is 11.0 Å². The quantitative estimate of drug-likeness (QED) is 0.408. The summed E-state index contributed by atoms with van der Waals surface area (Å²) in [5.74, 6) is 5.05. The first-order valence-corrected chi connectivity index (χ1v) is 4.54. The van der Waals surface area contributed by atoms with Gasteiger partial charge in [-0.05, 0) is 6.07 Å². The molecule has 0 saturated heterocycles. The molecule has 1 aromatic rings. The molecule has 6 nitrogen and oxygen atoms in total. The molecular formula is C5H8N4O2S. The highest BCUT2D eigenvalue weighted by Crippen LogP contribution is 2.15. The number of sulfonamides is 1. The fraction of sp³-hybridized carbons (Fsp3) is 0. The molecule has 0 bridgehead atoms. The van der Waals surface area contributed by atoms with E-state index in [9.17, 15) is 8.42 Å². The molecule has 0 aliphatic carbocycles. The molecule has 5 N–H and O–H groups in total. The lowest BCUT2D eigenvalue weighted by Gasteiger charge is -2.04. The average molecular weight is 188 g/mol. The van der Waals surface area contributed by atoms with E-state index in [0.717, 1.165) is 6.20 Å². The molecule has 12 heavy (non-hydrogen) atoms. The van der Waals surface area contributed by atoms with Crippen molar-refractivity contribution in [1.82, 2.24) is 4.98 Å². The van der Waals surface area contributed by atoms with Crippen LogP contribution in [0.3, 0.4) is 0 Å². The maximum atomic E-state index is 10.9. The molecule has 1 heterocycles. The first kappa shape index (κ1) is 8.91. The highest BCUT2D eigenvalue weighted by molar-refractivity contribution is 7.89. The Morgan fingerprint density at radius 2 is 2.17 bits per heavy atom. The predicted octanol–water partition coefficient (Wildman–Crippen LogP) is -0.985. The highest BCUT2D eigenvalue weighted by atomic mass is 32.2. The molecular weight excluding hydrogens is 180 g/mol. The number of nitrogens with zero attached hydrogens (tertiary/aromatic N) is 1. The summed E-state index contributed by atoms with van der Waals surface area (Å²) in [7, 11) is -3.75. The van der Waals surface area contributed by atoms with Crippen LogP contribution in [0, 0.1) is 0 Å². The molecule has 0 fully saturated rings. The Labute approximate surface area is 69.6 Å². The number of pyridine rings is 1. The van der Waals surface area contributed by atoms with Crippen molar-refractivity contribution in [1.29, 1.82) is 0 Å². The zero-order chi connectivity index (χ0) is 9.19. The molecule has 0 amide bonds. The Hall–Kier alpha value is -1.18. The van der Waals surface area contributed by atoms with Gasteiger partial charge in [0, 0.05) is 12.4 Å². The van der Waals surface area contributed by atoms with Crippen LogP contribution in [0.4, 0.5) is 5.69 Å². The molecule has 0 aromatic carbocycles. The second-order valence-electron chi connectivity index (χ2n) is 2.06. The summed E-state index contributed by atoms with van der Waals surface area (Å²) >= 11 is 0. The molecule has 1 aromatic heterocycles. The molecule has 0 aliphatic heterocycles. The van der Waals surface area contributed by atoms with Gasteiger partial charge in [-0.25, -0.2) is 13.6 Å². The van der Waals surface area contributed by atoms with Crippen molar-refractivity contribution in [2.45, 2.75) is 4.90 Å². The second kappa shape index (κ2) is 3.05. The van der Waals surface area contributed by atoms with Crippen molar-refractivity contribution in [3.63, 3.8) is 0 Å². The molecule has 0 unspecified atom stereocenters. The van der Waals surface area contributed by atoms with Crippen LogP contribution >= 0.6 is 0 Å². The highest BCUT2D eigenvalue weighted by Gasteiger charge is 2.12. The van der Waals surface area contributed by atoms with Gasteiger partial charge in [-0.2, -0.15) is 0 Å². The summed E-state index contributed by atoms with van der Waals surface area (Å²) in [6.45, 7) is 0. The number of hydrogen-bond donors (Lipinski definition) is 3. The lowest BCUT2D eigenvalue weighted by molar-refractivity contribution is 0.597. The van der Waals surface area contributed by atoms with Crippen LogP contribution in [0.25, 0.3) is 0 Å². The van der Waals surface area contributed by atoms with Crippen LogP contribution in [-0.4, -0.2) is 13.4 Å². The lowest BCUT2D eigenvalue weighted by atomic mass is 10.4. The summed E-state index contributed by atoms with van der Waals surface area (Å²) < 4.78 is 21.7. The minimum atomic E-state index is -3.75. The molecule has 7 heteroatoms. The van der Waals surface area contributed by atoms with Crippen molar-refractivity contribution in [3.8, 4) is 0 Å². The first-order valence-electron chi connectivity index (χ1n) is 2.99. The molecule has 0 radical (unpaired) electrons. The maximum Gasteiger partial charge on any atom is 0.241 e. The van der Waals surface area contributed by atoms with Crippen LogP contribution in [0.5, 0.6) is 0 Å². The van der Waals surface area contributed by atoms with Crippen molar-refractivity contribution in [3.05, 3.63) is 18.5 Å². The predicted molar refractivity (Wildman–Crippen MR) is 43.4 cm³/mol. The zero-order valence-electron chi connectivity index (χ0n) is 6.06. The monoisotopic (exact) mass is 188 g/mol. The van der Waals surface area contributed by atoms with E-state index in [-0.39, 0.29) is 10.6 Å². The van der Waals surface area contributed by atoms with Gasteiger partial charge in [0.25, 0.3) is 0 Å². The summed E-state index contributed by atoms with van der Waals surface area (Å²) in [6, 6.07) is 1.42. The van der Waals surface area contributed by atoms with Gasteiger partial charge < -0.3 is 5.43 Å². The number of nitrogens with two attached hydrogens (primary N) is 2. The standard InChI is InChI=1S/C5H8N4O2S/c6-9-4-1-2-8-3-5(4)12(7,10)11/h1-3H,6H2,(H,8,9)(H2,7,10,11). The van der Waals surface area contributed by atoms with Crippen molar-refractivity contribution >= 4 is 15.7 Å². The van der Waals surface area contributed by atoms with E-state index < -0.39 is 10.0 Å². The first-order chi connectivity index (χ1) is 5.55. The van der Waals surface area contributed by atoms with Crippen LogP contribution in [0.15, 0.2) is 23.4 Å². The Morgan fingerprint density at radius 1 is 1.50 bits per heavy atom. The number of hydrogen-bond acceptors (Lipinski definition) is 5. The summed E-state index contributed by atoms with van der Waals surface area (Å²) in [4.78, 5) is 3.49. The van der Waals surface area contributed by atoms with Gasteiger partial charge in [-0.1, -0.05) is 0 Å². The summed E-state index contributed by atoms with van der Waals surface area (Å²) in [6.07, 6.45) is 2.54. The smallest absolute Gasteiger partial charge is 0.241 e. The average Bonchev–Trinajstić information content (AvgIpc) is 2.03. The molecule has 1 rings (SSSR count). The topological polar surface area (TPSA) is 111 Å². The van der Waals surface area contributed by atoms with Gasteiger partial charge in [-0.15, -0.1) is 0 Å². The van der Waals surface area contributed by atoms with E-state index >= 15 is 0 Å². The lowest BCUT2D eigenvalue weighted by Crippen LogP contribution is -2.17. The third-order valence-electron chi connectivity index (χ3n) is 1.25. The number of nitrogen functional groups attached to an aromatic ring is 1. The van der Waals surface area contributed by atoms with Gasteiger partial charge in [0.05, 0.1) is 5.69 Å². The summed E-state index contributed by atoms with van der Waals surface area (Å²) in [5, 5.41) is 4.87. The summed E-state index contributed by atoms with van der Waals surface area (Å²) in [5.41, 5.74) is 2.43. The fourth-order valence-corrected chi connectivity index (χ4v) is 1.37. The van der Waals surface area contributed by atoms with E-state index in [1.54, 1.807) is 0 Å². The van der Waals surface area contributed by atoms with Gasteiger partial charge in [0.15, 0.2) is 0 Å². The SMILES string of the molecule is NNc1ccncc1S(N)(=O)=O. The maximum absolute atomic E-state index is 10.9. The minimum absolute atomic E-state index is 0.118. The van der Waals surface area contributed by atoms with Crippen molar-refractivity contribution < 1.29 is 8.42 Å². The molecule has 0 aliphatic rings. The van der Waals surface area contributed by atoms with Gasteiger partial charge in [0.2, 0.25) is 10.0 Å². The number of primary sulfonamides is 1. The van der Waals surface area contributed by atoms with Crippen molar-refractivity contribution in [2.75, 3.05) is 5.43 Å². The third-order valence-corrected chi connectivity index (χ3v) is 2.18. The Morgan fingerprint density at radius 3 is 2.58 bits per heavy atom. The minimum Gasteiger partial charge on any atom is -0.323 e. The third kappa shape index (κ3) is 1.70. The normalized spacial score (nSPS) is 11.2. The largest absolute Gasteiger partial charge is 0.323 e. The Bertz CT molecular complexity index is 375. The van der Waals surface area contributed by atoms with Crippen LogP contribution in [-0.2, 0) is 10.0 Å². The van der Waals surface area contributed by atoms with E-state index in [1.807, 2.05) is 0 Å². The molecule has 0 spiro atoms. The second-order valence-corrected chi connectivity index (χ2v) is 3.59. The van der Waals surface area contributed by atoms with E-state index in [0.29, 0.717) is 0 Å². The van der Waals surface area contributed by atoms with E-state index in [2.05, 4.69) is 10.4 Å². The van der Waals surface area contributed by atoms with Crippen LogP contribution in [0.1, 0.15) is 0 Å². The number of aromatic nitrogens is 1. The van der Waals surface area contributed by atoms with E-state index in [4.69, 9.17) is 11.0 Å². The molecule has 0 atom stereocenters. The number of anilines is 1. The Balaban J connectivity index is 3.33. The Kier molecular flexibility index (Phi) is 2.27. The number of hydrazine groups is 1. The van der Waals surface area contributed by atoms with E-state index in [1.165, 1.54) is 12.3 Å². The number of rotatable bonds is 2. The van der Waals surface area contributed by atoms with Gasteiger partial charge in [-0.3, -0.25) is 10.8 Å². The van der Waals surface area contributed by atoms with Crippen LogP contribution < -0.4 is 16.4 Å². The number of nitrogens with one attached hydrogen (secondary N) is 1. The fourth-order valence-electron chi connectivity index (χ4n) is 0.726. The van der Waals surface area contributed by atoms with Gasteiger partial charge in [0.1, 0.15) is 4.90 Å². The van der Waals surface area contributed by atoms with Crippen LogP contribution in [0.2, 0.25) is 0 Å². The van der Waals surface area contributed by atoms with Gasteiger partial charge >= 0.3 is 0 Å². The molecule has 66 valence electrons.